The third kappa shape index (κ3) is 3.29. The van der Waals surface area contributed by atoms with E-state index in [4.69, 9.17) is 4.74 Å². The molecule has 0 radical (unpaired) electrons. The van der Waals surface area contributed by atoms with Crippen LogP contribution in [0.25, 0.3) is 11.3 Å². The second-order valence-electron chi connectivity index (χ2n) is 4.54. The van der Waals surface area contributed by atoms with E-state index in [9.17, 15) is 25.1 Å². The van der Waals surface area contributed by atoms with Gasteiger partial charge in [0.05, 0.1) is 17.6 Å². The molecule has 2 aromatic rings. The summed E-state index contributed by atoms with van der Waals surface area (Å²) in [5, 5.41) is 30.5. The first kappa shape index (κ1) is 16.0. The predicted octanol–water partition coefficient (Wildman–Crippen LogP) is 2.63. The number of ether oxygens (including phenoxy) is 1. The lowest BCUT2D eigenvalue weighted by Crippen LogP contribution is -2.09. The Balaban J connectivity index is 2.77. The van der Waals surface area contributed by atoms with Crippen LogP contribution in [0.15, 0.2) is 48.5 Å². The predicted molar refractivity (Wildman–Crippen MR) is 82.5 cm³/mol. The SMILES string of the molecule is COc1cc(C(=C(C(=O)O)c2ccccc2)[N+](=O)[O-])ccc1O. The third-order valence-corrected chi connectivity index (χ3v) is 3.15. The first-order valence-electron chi connectivity index (χ1n) is 6.50. The Morgan fingerprint density at radius 3 is 2.30 bits per heavy atom. The van der Waals surface area contributed by atoms with Crippen molar-refractivity contribution in [1.82, 2.24) is 0 Å². The topological polar surface area (TPSA) is 110 Å². The lowest BCUT2D eigenvalue weighted by atomic mass is 9.99. The van der Waals surface area contributed by atoms with Gasteiger partial charge in [-0.05, 0) is 23.8 Å². The fourth-order valence-corrected chi connectivity index (χ4v) is 2.13. The van der Waals surface area contributed by atoms with Crippen LogP contribution in [-0.4, -0.2) is 28.2 Å². The molecule has 0 heterocycles. The molecule has 0 atom stereocenters. The number of hydrogen-bond acceptors (Lipinski definition) is 5. The number of carboxylic acid groups (broad SMARTS) is 1. The third-order valence-electron chi connectivity index (χ3n) is 3.15. The zero-order valence-corrected chi connectivity index (χ0v) is 12.1. The highest BCUT2D eigenvalue weighted by Crippen LogP contribution is 2.33. The van der Waals surface area contributed by atoms with Gasteiger partial charge in [0, 0.05) is 0 Å². The maximum Gasteiger partial charge on any atom is 0.343 e. The minimum absolute atomic E-state index is 0.0136. The Labute approximate surface area is 131 Å². The van der Waals surface area contributed by atoms with Gasteiger partial charge < -0.3 is 14.9 Å². The minimum Gasteiger partial charge on any atom is -0.504 e. The van der Waals surface area contributed by atoms with Gasteiger partial charge in [-0.3, -0.25) is 10.1 Å². The molecule has 0 aliphatic rings. The quantitative estimate of drug-likeness (QED) is 0.380. The summed E-state index contributed by atoms with van der Waals surface area (Å²) >= 11 is 0. The molecule has 7 heteroatoms. The van der Waals surface area contributed by atoms with Gasteiger partial charge in [0.15, 0.2) is 11.5 Å². The molecule has 23 heavy (non-hydrogen) atoms. The number of phenolic OH excluding ortho intramolecular Hbond substituents is 1. The lowest BCUT2D eigenvalue weighted by Gasteiger charge is -2.08. The van der Waals surface area contributed by atoms with Gasteiger partial charge in [-0.25, -0.2) is 4.79 Å². The van der Waals surface area contributed by atoms with Crippen molar-refractivity contribution in [2.75, 3.05) is 7.11 Å². The zero-order valence-electron chi connectivity index (χ0n) is 12.1. The molecular formula is C16H13NO6. The van der Waals surface area contributed by atoms with Crippen molar-refractivity contribution in [1.29, 1.82) is 0 Å². The van der Waals surface area contributed by atoms with Gasteiger partial charge in [0.1, 0.15) is 5.57 Å². The van der Waals surface area contributed by atoms with E-state index in [1.165, 1.54) is 37.4 Å². The summed E-state index contributed by atoms with van der Waals surface area (Å²) in [6.45, 7) is 0. The molecule has 0 spiro atoms. The van der Waals surface area contributed by atoms with Gasteiger partial charge in [0.2, 0.25) is 0 Å². The highest BCUT2D eigenvalue weighted by Gasteiger charge is 2.28. The minimum atomic E-state index is -1.42. The molecule has 7 nitrogen and oxygen atoms in total. The highest BCUT2D eigenvalue weighted by atomic mass is 16.6. The molecule has 2 rings (SSSR count). The fourth-order valence-electron chi connectivity index (χ4n) is 2.13. The highest BCUT2D eigenvalue weighted by molar-refractivity contribution is 6.22. The molecule has 0 aromatic heterocycles. The normalized spacial score (nSPS) is 11.5. The van der Waals surface area contributed by atoms with Gasteiger partial charge in [-0.1, -0.05) is 30.3 Å². The Kier molecular flexibility index (Phi) is 4.61. The van der Waals surface area contributed by atoms with E-state index in [0.717, 1.165) is 0 Å². The van der Waals surface area contributed by atoms with Crippen LogP contribution in [0.4, 0.5) is 0 Å². The van der Waals surface area contributed by atoms with E-state index in [2.05, 4.69) is 0 Å². The second kappa shape index (κ2) is 6.61. The van der Waals surface area contributed by atoms with E-state index < -0.39 is 22.2 Å². The van der Waals surface area contributed by atoms with Crippen LogP contribution in [0.1, 0.15) is 11.1 Å². The van der Waals surface area contributed by atoms with Crippen LogP contribution in [0.3, 0.4) is 0 Å². The molecule has 0 saturated carbocycles. The number of hydrogen-bond donors (Lipinski definition) is 2. The molecule has 118 valence electrons. The van der Waals surface area contributed by atoms with Crippen molar-refractivity contribution in [3.8, 4) is 11.5 Å². The molecule has 0 aliphatic heterocycles. The number of aliphatic carboxylic acids is 1. The van der Waals surface area contributed by atoms with Crippen LogP contribution >= 0.6 is 0 Å². The smallest absolute Gasteiger partial charge is 0.343 e. The second-order valence-corrected chi connectivity index (χ2v) is 4.54. The molecule has 0 amide bonds. The maximum atomic E-state index is 11.6. The Hall–Kier alpha value is -3.35. The molecule has 0 bridgehead atoms. The van der Waals surface area contributed by atoms with Crippen LogP contribution in [0.5, 0.6) is 11.5 Å². The molecular weight excluding hydrogens is 302 g/mol. The summed E-state index contributed by atoms with van der Waals surface area (Å²) in [5.74, 6) is -1.61. The van der Waals surface area contributed by atoms with E-state index in [0.29, 0.717) is 0 Å². The van der Waals surface area contributed by atoms with Gasteiger partial charge in [0.25, 0.3) is 5.70 Å². The number of methoxy groups -OCH3 is 1. The van der Waals surface area contributed by atoms with Crippen molar-refractivity contribution in [3.05, 3.63) is 69.8 Å². The van der Waals surface area contributed by atoms with E-state index in [1.807, 2.05) is 0 Å². The molecule has 2 aromatic carbocycles. The summed E-state index contributed by atoms with van der Waals surface area (Å²) in [7, 11) is 1.30. The Bertz CT molecular complexity index is 782. The monoisotopic (exact) mass is 315 g/mol. The van der Waals surface area contributed by atoms with E-state index >= 15 is 0 Å². The van der Waals surface area contributed by atoms with Crippen molar-refractivity contribution < 1.29 is 24.7 Å². The van der Waals surface area contributed by atoms with Crippen LogP contribution in [-0.2, 0) is 4.79 Å². The average molecular weight is 315 g/mol. The maximum absolute atomic E-state index is 11.6. The van der Waals surface area contributed by atoms with Crippen LogP contribution in [0.2, 0.25) is 0 Å². The van der Waals surface area contributed by atoms with Crippen LogP contribution < -0.4 is 4.74 Å². The molecule has 0 fully saturated rings. The zero-order chi connectivity index (χ0) is 17.0. The first-order valence-corrected chi connectivity index (χ1v) is 6.50. The largest absolute Gasteiger partial charge is 0.504 e. The van der Waals surface area contributed by atoms with Gasteiger partial charge in [-0.2, -0.15) is 0 Å². The number of phenols is 1. The van der Waals surface area contributed by atoms with Gasteiger partial charge in [-0.15, -0.1) is 0 Å². The summed E-state index contributed by atoms with van der Waals surface area (Å²) in [4.78, 5) is 22.3. The lowest BCUT2D eigenvalue weighted by molar-refractivity contribution is -0.374. The van der Waals surface area contributed by atoms with E-state index in [1.54, 1.807) is 18.2 Å². The summed E-state index contributed by atoms with van der Waals surface area (Å²) in [6.07, 6.45) is 0. The summed E-state index contributed by atoms with van der Waals surface area (Å²) in [6, 6.07) is 11.5. The molecule has 0 saturated heterocycles. The molecule has 2 N–H and O–H groups in total. The summed E-state index contributed by atoms with van der Waals surface area (Å²) < 4.78 is 4.92. The number of nitro groups is 1. The van der Waals surface area contributed by atoms with Crippen molar-refractivity contribution >= 4 is 17.2 Å². The number of nitrogens with zero attached hydrogens (tertiary/aromatic N) is 1. The Morgan fingerprint density at radius 1 is 1.13 bits per heavy atom. The van der Waals surface area contributed by atoms with Crippen molar-refractivity contribution in [2.45, 2.75) is 0 Å². The van der Waals surface area contributed by atoms with E-state index in [-0.39, 0.29) is 22.6 Å². The van der Waals surface area contributed by atoms with Crippen molar-refractivity contribution in [3.63, 3.8) is 0 Å². The average Bonchev–Trinajstić information content (AvgIpc) is 2.53. The standard InChI is InChI=1S/C16H13NO6/c1-23-13-9-11(7-8-12(13)18)15(17(21)22)14(16(19)20)10-5-3-2-4-6-10/h2-9,18H,1H3,(H,19,20). The van der Waals surface area contributed by atoms with Gasteiger partial charge >= 0.3 is 5.97 Å². The number of carboxylic acids is 1. The van der Waals surface area contributed by atoms with Crippen molar-refractivity contribution in [2.24, 2.45) is 0 Å². The number of rotatable bonds is 5. The van der Waals surface area contributed by atoms with Crippen LogP contribution in [0, 0.1) is 10.1 Å². The number of aromatic hydroxyl groups is 1. The number of benzene rings is 2. The molecule has 0 aliphatic carbocycles. The molecule has 0 unspecified atom stereocenters. The fraction of sp³-hybridized carbons (Fsp3) is 0.0625. The Morgan fingerprint density at radius 2 is 1.78 bits per heavy atom. The summed E-state index contributed by atoms with van der Waals surface area (Å²) in [5.41, 5.74) is -0.796. The number of carbonyl (C=O) groups is 1. The first-order chi connectivity index (χ1) is 11.0.